The average Bonchev–Trinajstić information content (AvgIpc) is 2.40. The molecule has 0 saturated heterocycles. The Hall–Kier alpha value is -1.12. The Morgan fingerprint density at radius 3 is 2.68 bits per heavy atom. The van der Waals surface area contributed by atoms with Gasteiger partial charge in [0.15, 0.2) is 0 Å². The van der Waals surface area contributed by atoms with Crippen LogP contribution in [0.15, 0.2) is 42.5 Å². The molecule has 1 N–H and O–H groups in total. The second-order valence-electron chi connectivity index (χ2n) is 5.08. The molecule has 0 saturated carbocycles. The zero-order valence-electron chi connectivity index (χ0n) is 12.1. The largest absolute Gasteiger partial charge is 0.393 e. The lowest BCUT2D eigenvalue weighted by atomic mass is 10.1. The molecule has 1 aromatic rings. The van der Waals surface area contributed by atoms with E-state index in [9.17, 15) is 5.11 Å². The van der Waals surface area contributed by atoms with Gasteiger partial charge in [-0.25, -0.2) is 0 Å². The summed E-state index contributed by atoms with van der Waals surface area (Å²) in [5.74, 6) is 0.387. The smallest absolute Gasteiger partial charge is 0.0717 e. The van der Waals surface area contributed by atoms with E-state index in [0.29, 0.717) is 12.5 Å². The van der Waals surface area contributed by atoms with Crippen molar-refractivity contribution in [2.45, 2.75) is 45.8 Å². The average molecular weight is 262 g/mol. The number of hydrogen-bond donors (Lipinski definition) is 1. The topological polar surface area (TPSA) is 29.5 Å². The fraction of sp³-hybridized carbons (Fsp3) is 0.529. The zero-order chi connectivity index (χ0) is 13.9. The van der Waals surface area contributed by atoms with Gasteiger partial charge < -0.3 is 9.84 Å². The molecule has 2 nitrogen and oxygen atoms in total. The van der Waals surface area contributed by atoms with Crippen LogP contribution in [0.2, 0.25) is 0 Å². The van der Waals surface area contributed by atoms with E-state index in [0.717, 1.165) is 25.9 Å². The van der Waals surface area contributed by atoms with Gasteiger partial charge in [-0.3, -0.25) is 0 Å². The van der Waals surface area contributed by atoms with Gasteiger partial charge in [0.1, 0.15) is 0 Å². The Kier molecular flexibility index (Phi) is 8.19. The van der Waals surface area contributed by atoms with Crippen molar-refractivity contribution in [1.29, 1.82) is 0 Å². The maximum absolute atomic E-state index is 9.60. The summed E-state index contributed by atoms with van der Waals surface area (Å²) in [4.78, 5) is 0. The number of rotatable bonds is 9. The first kappa shape index (κ1) is 15.9. The van der Waals surface area contributed by atoms with E-state index in [1.165, 1.54) is 5.56 Å². The lowest BCUT2D eigenvalue weighted by Gasteiger charge is -2.09. The van der Waals surface area contributed by atoms with E-state index in [1.807, 2.05) is 18.2 Å². The Balaban J connectivity index is 2.14. The molecule has 0 spiro atoms. The van der Waals surface area contributed by atoms with Crippen LogP contribution in [-0.2, 0) is 11.3 Å². The van der Waals surface area contributed by atoms with Crippen LogP contribution in [0.1, 0.15) is 38.7 Å². The van der Waals surface area contributed by atoms with Gasteiger partial charge in [0.2, 0.25) is 0 Å². The minimum Gasteiger partial charge on any atom is -0.393 e. The maximum Gasteiger partial charge on any atom is 0.0717 e. The van der Waals surface area contributed by atoms with Crippen molar-refractivity contribution in [2.75, 3.05) is 6.61 Å². The standard InChI is InChI=1S/C17H26O2/c1-3-8-17(18)12-7-9-15(2)13-19-14-16-10-5-4-6-11-16/h4-7,9-11,15,17-18H,3,8,12-14H2,1-2H3/b9-7-/t15-,17-/m1/s1. The third-order valence-electron chi connectivity index (χ3n) is 2.99. The molecule has 2 atom stereocenters. The van der Waals surface area contributed by atoms with Crippen LogP contribution in [0.5, 0.6) is 0 Å². The van der Waals surface area contributed by atoms with Gasteiger partial charge in [-0.15, -0.1) is 0 Å². The van der Waals surface area contributed by atoms with Crippen molar-refractivity contribution in [2.24, 2.45) is 5.92 Å². The Labute approximate surface area is 117 Å². The van der Waals surface area contributed by atoms with Crippen molar-refractivity contribution in [3.05, 3.63) is 48.0 Å². The predicted octanol–water partition coefficient (Wildman–Crippen LogP) is 3.95. The minimum atomic E-state index is -0.196. The summed E-state index contributed by atoms with van der Waals surface area (Å²) in [6.07, 6.45) is 6.66. The molecule has 1 rings (SSSR count). The summed E-state index contributed by atoms with van der Waals surface area (Å²) in [5, 5.41) is 9.60. The monoisotopic (exact) mass is 262 g/mol. The molecule has 0 radical (unpaired) electrons. The molecule has 19 heavy (non-hydrogen) atoms. The van der Waals surface area contributed by atoms with E-state index < -0.39 is 0 Å². The van der Waals surface area contributed by atoms with E-state index in [-0.39, 0.29) is 6.10 Å². The molecule has 0 aliphatic heterocycles. The highest BCUT2D eigenvalue weighted by molar-refractivity contribution is 5.13. The first-order valence-electron chi connectivity index (χ1n) is 7.18. The minimum absolute atomic E-state index is 0.196. The Bertz CT molecular complexity index is 346. The molecule has 0 fully saturated rings. The maximum atomic E-state index is 9.60. The van der Waals surface area contributed by atoms with Gasteiger partial charge in [-0.2, -0.15) is 0 Å². The molecule has 0 heterocycles. The van der Waals surface area contributed by atoms with Gasteiger partial charge in [-0.05, 0) is 24.3 Å². The molecule has 0 unspecified atom stereocenters. The lowest BCUT2D eigenvalue weighted by Crippen LogP contribution is -2.05. The van der Waals surface area contributed by atoms with Crippen molar-refractivity contribution in [1.82, 2.24) is 0 Å². The SMILES string of the molecule is CCC[C@@H](O)C/C=C\[C@@H](C)COCc1ccccc1. The summed E-state index contributed by atoms with van der Waals surface area (Å²) >= 11 is 0. The number of benzene rings is 1. The van der Waals surface area contributed by atoms with Gasteiger partial charge in [-0.1, -0.05) is 62.8 Å². The van der Waals surface area contributed by atoms with Crippen LogP contribution in [0.4, 0.5) is 0 Å². The first-order valence-corrected chi connectivity index (χ1v) is 7.18. The highest BCUT2D eigenvalue weighted by Gasteiger charge is 2.01. The second-order valence-corrected chi connectivity index (χ2v) is 5.08. The van der Waals surface area contributed by atoms with Crippen molar-refractivity contribution >= 4 is 0 Å². The summed E-state index contributed by atoms with van der Waals surface area (Å²) in [6.45, 7) is 5.60. The Morgan fingerprint density at radius 1 is 1.26 bits per heavy atom. The van der Waals surface area contributed by atoms with E-state index >= 15 is 0 Å². The summed E-state index contributed by atoms with van der Waals surface area (Å²) in [6, 6.07) is 10.2. The fourth-order valence-electron chi connectivity index (χ4n) is 1.91. The van der Waals surface area contributed by atoms with Gasteiger partial charge in [0, 0.05) is 0 Å². The number of ether oxygens (including phenoxy) is 1. The van der Waals surface area contributed by atoms with Gasteiger partial charge >= 0.3 is 0 Å². The molecular formula is C17H26O2. The molecule has 0 aromatic heterocycles. The highest BCUT2D eigenvalue weighted by Crippen LogP contribution is 2.07. The number of aliphatic hydroxyl groups excluding tert-OH is 1. The van der Waals surface area contributed by atoms with Crippen LogP contribution >= 0.6 is 0 Å². The van der Waals surface area contributed by atoms with Crippen molar-refractivity contribution < 1.29 is 9.84 Å². The van der Waals surface area contributed by atoms with E-state index in [4.69, 9.17) is 4.74 Å². The summed E-state index contributed by atoms with van der Waals surface area (Å²) < 4.78 is 5.67. The molecule has 106 valence electrons. The quantitative estimate of drug-likeness (QED) is 0.683. The second kappa shape index (κ2) is 9.76. The zero-order valence-corrected chi connectivity index (χ0v) is 12.1. The molecule has 0 amide bonds. The predicted molar refractivity (Wildman–Crippen MR) is 79.9 cm³/mol. The lowest BCUT2D eigenvalue weighted by molar-refractivity contribution is 0.104. The summed E-state index contributed by atoms with van der Waals surface area (Å²) in [7, 11) is 0. The molecule has 1 aromatic carbocycles. The van der Waals surface area contributed by atoms with Gasteiger partial charge in [0.25, 0.3) is 0 Å². The van der Waals surface area contributed by atoms with E-state index in [2.05, 4.69) is 38.1 Å². The molecule has 2 heteroatoms. The van der Waals surface area contributed by atoms with Crippen LogP contribution < -0.4 is 0 Å². The molecular weight excluding hydrogens is 236 g/mol. The summed E-state index contributed by atoms with van der Waals surface area (Å²) in [5.41, 5.74) is 1.21. The van der Waals surface area contributed by atoms with Crippen LogP contribution in [-0.4, -0.2) is 17.8 Å². The van der Waals surface area contributed by atoms with Crippen LogP contribution in [0, 0.1) is 5.92 Å². The molecule has 0 aliphatic carbocycles. The first-order chi connectivity index (χ1) is 9.22. The van der Waals surface area contributed by atoms with E-state index in [1.54, 1.807) is 0 Å². The number of hydrogen-bond acceptors (Lipinski definition) is 2. The third-order valence-corrected chi connectivity index (χ3v) is 2.99. The Morgan fingerprint density at radius 2 is 2.00 bits per heavy atom. The van der Waals surface area contributed by atoms with Crippen molar-refractivity contribution in [3.8, 4) is 0 Å². The highest BCUT2D eigenvalue weighted by atomic mass is 16.5. The normalized spacial score (nSPS) is 14.7. The fourth-order valence-corrected chi connectivity index (χ4v) is 1.91. The van der Waals surface area contributed by atoms with Crippen molar-refractivity contribution in [3.63, 3.8) is 0 Å². The molecule has 0 bridgehead atoms. The van der Waals surface area contributed by atoms with Crippen LogP contribution in [0.25, 0.3) is 0 Å². The molecule has 0 aliphatic rings. The van der Waals surface area contributed by atoms with Gasteiger partial charge in [0.05, 0.1) is 19.3 Å². The number of aliphatic hydroxyl groups is 1. The third kappa shape index (κ3) is 7.81. The van der Waals surface area contributed by atoms with Crippen LogP contribution in [0.3, 0.4) is 0 Å².